The van der Waals surface area contributed by atoms with Gasteiger partial charge in [0.25, 0.3) is 5.91 Å². The number of aryl methyl sites for hydroxylation is 1. The van der Waals surface area contributed by atoms with Gasteiger partial charge in [-0.3, -0.25) is 4.79 Å². The number of nitrogens with one attached hydrogen (secondary N) is 2. The van der Waals surface area contributed by atoms with Gasteiger partial charge in [0.2, 0.25) is 0 Å². The Morgan fingerprint density at radius 2 is 1.86 bits per heavy atom. The number of esters is 1. The van der Waals surface area contributed by atoms with Gasteiger partial charge in [0, 0.05) is 22.6 Å². The van der Waals surface area contributed by atoms with Crippen molar-refractivity contribution in [3.8, 4) is 0 Å². The van der Waals surface area contributed by atoms with Gasteiger partial charge in [-0.05, 0) is 61.0 Å². The molecule has 1 aromatic heterocycles. The lowest BCUT2D eigenvalue weighted by atomic mass is 10.2. The van der Waals surface area contributed by atoms with Crippen LogP contribution in [0, 0.1) is 6.92 Å². The second kappa shape index (κ2) is 8.54. The maximum Gasteiger partial charge on any atom is 0.337 e. The number of aromatic nitrogens is 1. The summed E-state index contributed by atoms with van der Waals surface area (Å²) in [6.45, 7) is 1.94. The number of benzene rings is 2. The lowest BCUT2D eigenvalue weighted by molar-refractivity contribution is 0.0600. The van der Waals surface area contributed by atoms with Crippen molar-refractivity contribution >= 4 is 40.7 Å². The van der Waals surface area contributed by atoms with Crippen LogP contribution in [0.2, 0.25) is 5.02 Å². The molecule has 0 radical (unpaired) electrons. The molecule has 28 heavy (non-hydrogen) atoms. The number of carbonyl (C=O) groups is 2. The number of rotatable bonds is 5. The molecule has 0 bridgehead atoms. The number of hydrogen-bond acceptors (Lipinski definition) is 5. The molecule has 0 aliphatic heterocycles. The van der Waals surface area contributed by atoms with Crippen LogP contribution in [0.5, 0.6) is 0 Å². The van der Waals surface area contributed by atoms with Gasteiger partial charge < -0.3 is 15.4 Å². The summed E-state index contributed by atoms with van der Waals surface area (Å²) >= 11 is 5.96. The number of halogens is 1. The zero-order valence-electron chi connectivity index (χ0n) is 15.3. The SMILES string of the molecule is COC(=O)c1cccc(NC(=O)c2ccc(Nc3ccc(Cl)cc3C)nc2)c1. The van der Waals surface area contributed by atoms with Crippen LogP contribution < -0.4 is 10.6 Å². The Balaban J connectivity index is 1.69. The highest BCUT2D eigenvalue weighted by Crippen LogP contribution is 2.23. The predicted molar refractivity (Wildman–Crippen MR) is 109 cm³/mol. The molecule has 142 valence electrons. The predicted octanol–water partition coefficient (Wildman–Crippen LogP) is 4.83. The molecule has 3 rings (SSSR count). The Bertz CT molecular complexity index is 1020. The van der Waals surface area contributed by atoms with Crippen molar-refractivity contribution in [3.63, 3.8) is 0 Å². The summed E-state index contributed by atoms with van der Waals surface area (Å²) in [5.41, 5.74) is 3.11. The summed E-state index contributed by atoms with van der Waals surface area (Å²) in [6.07, 6.45) is 1.48. The molecule has 0 aliphatic rings. The first-order valence-electron chi connectivity index (χ1n) is 8.45. The Labute approximate surface area is 167 Å². The molecule has 0 saturated heterocycles. The molecule has 0 aliphatic carbocycles. The summed E-state index contributed by atoms with van der Waals surface area (Å²) in [6, 6.07) is 15.4. The van der Waals surface area contributed by atoms with E-state index in [1.807, 2.05) is 19.1 Å². The van der Waals surface area contributed by atoms with Crippen LogP contribution in [0.1, 0.15) is 26.3 Å². The summed E-state index contributed by atoms with van der Waals surface area (Å²) in [5, 5.41) is 6.60. The average Bonchev–Trinajstić information content (AvgIpc) is 2.70. The number of pyridine rings is 1. The molecule has 3 aromatic rings. The lowest BCUT2D eigenvalue weighted by Crippen LogP contribution is -2.13. The van der Waals surface area contributed by atoms with E-state index >= 15 is 0 Å². The Hall–Kier alpha value is -3.38. The molecule has 6 nitrogen and oxygen atoms in total. The van der Waals surface area contributed by atoms with Crippen molar-refractivity contribution in [3.05, 3.63) is 82.5 Å². The third-order valence-electron chi connectivity index (χ3n) is 4.02. The maximum absolute atomic E-state index is 12.4. The normalized spacial score (nSPS) is 10.2. The fourth-order valence-electron chi connectivity index (χ4n) is 2.55. The summed E-state index contributed by atoms with van der Waals surface area (Å²) < 4.78 is 4.68. The van der Waals surface area contributed by atoms with Crippen LogP contribution in [0.25, 0.3) is 0 Å². The Morgan fingerprint density at radius 1 is 1.04 bits per heavy atom. The van der Waals surface area contributed by atoms with Crippen LogP contribution in [0.3, 0.4) is 0 Å². The fraction of sp³-hybridized carbons (Fsp3) is 0.0952. The highest BCUT2D eigenvalue weighted by Gasteiger charge is 2.10. The van der Waals surface area contributed by atoms with Gasteiger partial charge in [-0.2, -0.15) is 0 Å². The number of ether oxygens (including phenoxy) is 1. The van der Waals surface area contributed by atoms with Crippen LogP contribution >= 0.6 is 11.6 Å². The third-order valence-corrected chi connectivity index (χ3v) is 4.25. The molecule has 0 fully saturated rings. The number of amides is 1. The Morgan fingerprint density at radius 3 is 2.54 bits per heavy atom. The summed E-state index contributed by atoms with van der Waals surface area (Å²) in [4.78, 5) is 28.3. The molecule has 2 aromatic carbocycles. The second-order valence-corrected chi connectivity index (χ2v) is 6.48. The van der Waals surface area contributed by atoms with Gasteiger partial charge in [-0.25, -0.2) is 9.78 Å². The smallest absolute Gasteiger partial charge is 0.337 e. The van der Waals surface area contributed by atoms with E-state index in [2.05, 4.69) is 20.4 Å². The van der Waals surface area contributed by atoms with E-state index in [1.165, 1.54) is 13.3 Å². The van der Waals surface area contributed by atoms with Crippen LogP contribution in [0.15, 0.2) is 60.8 Å². The molecule has 1 amide bonds. The molecule has 0 atom stereocenters. The van der Waals surface area contributed by atoms with Gasteiger partial charge in [0.05, 0.1) is 18.2 Å². The molecule has 0 saturated carbocycles. The first-order chi connectivity index (χ1) is 13.5. The van der Waals surface area contributed by atoms with Gasteiger partial charge in [0.1, 0.15) is 5.82 Å². The van der Waals surface area contributed by atoms with Crippen molar-refractivity contribution in [1.82, 2.24) is 4.98 Å². The van der Waals surface area contributed by atoms with E-state index in [4.69, 9.17) is 11.6 Å². The first kappa shape index (κ1) is 19.4. The standard InChI is InChI=1S/C21H18ClN3O3/c1-13-10-16(22)7-8-18(13)25-19-9-6-15(12-23-19)20(26)24-17-5-3-4-14(11-17)21(27)28-2/h3-12H,1-2H3,(H,23,25)(H,24,26). The van der Waals surface area contributed by atoms with Crippen molar-refractivity contribution in [2.75, 3.05) is 17.7 Å². The first-order valence-corrected chi connectivity index (χ1v) is 8.83. The van der Waals surface area contributed by atoms with E-state index in [0.29, 0.717) is 27.7 Å². The largest absolute Gasteiger partial charge is 0.465 e. The van der Waals surface area contributed by atoms with Gasteiger partial charge in [0.15, 0.2) is 0 Å². The number of nitrogens with zero attached hydrogens (tertiary/aromatic N) is 1. The summed E-state index contributed by atoms with van der Waals surface area (Å²) in [7, 11) is 1.31. The van der Waals surface area contributed by atoms with Crippen molar-refractivity contribution < 1.29 is 14.3 Å². The molecule has 7 heteroatoms. The molecule has 0 unspecified atom stereocenters. The maximum atomic E-state index is 12.4. The van der Waals surface area contributed by atoms with Crippen molar-refractivity contribution in [1.29, 1.82) is 0 Å². The number of hydrogen-bond donors (Lipinski definition) is 2. The number of anilines is 3. The molecule has 1 heterocycles. The highest BCUT2D eigenvalue weighted by atomic mass is 35.5. The van der Waals surface area contributed by atoms with E-state index in [0.717, 1.165) is 11.3 Å². The van der Waals surface area contributed by atoms with E-state index in [9.17, 15) is 9.59 Å². The van der Waals surface area contributed by atoms with Crippen LogP contribution in [-0.4, -0.2) is 24.0 Å². The minimum Gasteiger partial charge on any atom is -0.465 e. The van der Waals surface area contributed by atoms with E-state index in [1.54, 1.807) is 42.5 Å². The Kier molecular flexibility index (Phi) is 5.91. The number of methoxy groups -OCH3 is 1. The van der Waals surface area contributed by atoms with Crippen molar-refractivity contribution in [2.24, 2.45) is 0 Å². The quantitative estimate of drug-likeness (QED) is 0.605. The van der Waals surface area contributed by atoms with Crippen LogP contribution in [0.4, 0.5) is 17.2 Å². The van der Waals surface area contributed by atoms with Crippen molar-refractivity contribution in [2.45, 2.75) is 6.92 Å². The fourth-order valence-corrected chi connectivity index (χ4v) is 2.78. The molecule has 2 N–H and O–H groups in total. The van der Waals surface area contributed by atoms with Gasteiger partial charge in [-0.15, -0.1) is 0 Å². The van der Waals surface area contributed by atoms with E-state index in [-0.39, 0.29) is 5.91 Å². The van der Waals surface area contributed by atoms with Gasteiger partial charge >= 0.3 is 5.97 Å². The van der Waals surface area contributed by atoms with Crippen LogP contribution in [-0.2, 0) is 4.74 Å². The minimum absolute atomic E-state index is 0.330. The molecule has 0 spiro atoms. The van der Waals surface area contributed by atoms with E-state index < -0.39 is 5.97 Å². The van der Waals surface area contributed by atoms with Gasteiger partial charge in [-0.1, -0.05) is 17.7 Å². The summed E-state index contributed by atoms with van der Waals surface area (Å²) in [5.74, 6) is -0.191. The zero-order chi connectivity index (χ0) is 20.1. The lowest BCUT2D eigenvalue weighted by Gasteiger charge is -2.10. The third kappa shape index (κ3) is 4.66. The topological polar surface area (TPSA) is 80.3 Å². The second-order valence-electron chi connectivity index (χ2n) is 6.04. The monoisotopic (exact) mass is 395 g/mol. The zero-order valence-corrected chi connectivity index (χ0v) is 16.1. The molecular formula is C21H18ClN3O3. The average molecular weight is 396 g/mol. The molecular weight excluding hydrogens is 378 g/mol. The highest BCUT2D eigenvalue weighted by molar-refractivity contribution is 6.30. The minimum atomic E-state index is -0.467. The number of carbonyl (C=O) groups excluding carboxylic acids is 2.